The van der Waals surface area contributed by atoms with Crippen molar-refractivity contribution in [1.29, 1.82) is 9.56 Å². The third-order valence-corrected chi connectivity index (χ3v) is 28.7. The highest BCUT2D eigenvalue weighted by Gasteiger charge is 2.56. The number of halogens is 4. The van der Waals surface area contributed by atoms with Gasteiger partial charge in [0.15, 0.2) is 19.7 Å². The van der Waals surface area contributed by atoms with Crippen molar-refractivity contribution in [2.45, 2.75) is 190 Å². The van der Waals surface area contributed by atoms with Gasteiger partial charge >= 0.3 is 5.97 Å². The van der Waals surface area contributed by atoms with Crippen molar-refractivity contribution in [3.05, 3.63) is 139 Å². The summed E-state index contributed by atoms with van der Waals surface area (Å²) in [7, 11) is -13.0. The van der Waals surface area contributed by atoms with Crippen molar-refractivity contribution in [3.8, 4) is 0 Å². The highest BCUT2D eigenvalue weighted by molar-refractivity contribution is 7.94. The predicted octanol–water partition coefficient (Wildman–Crippen LogP) is 14.3. The van der Waals surface area contributed by atoms with Crippen LogP contribution in [0.25, 0.3) is 0 Å². The lowest BCUT2D eigenvalue weighted by Gasteiger charge is -2.53. The molecule has 89 heavy (non-hydrogen) atoms. The number of ketones is 1. The first-order valence-electron chi connectivity index (χ1n) is 30.1. The van der Waals surface area contributed by atoms with E-state index >= 15 is 0 Å². The molecule has 0 bridgehead atoms. The molecule has 10 atom stereocenters. The van der Waals surface area contributed by atoms with E-state index in [9.17, 15) is 49.5 Å². The lowest BCUT2D eigenvalue weighted by Crippen LogP contribution is -2.59. The highest BCUT2D eigenvalue weighted by atomic mass is 35.5. The summed E-state index contributed by atoms with van der Waals surface area (Å²) in [6, 6.07) is 26.7. The maximum absolute atomic E-state index is 14.9. The average Bonchev–Trinajstić information content (AvgIpc) is 1.49. The Kier molecular flexibility index (Phi) is 23.4. The Balaban J connectivity index is 0.000000254. The number of piperidine rings is 2. The summed E-state index contributed by atoms with van der Waals surface area (Å²) in [5, 5.41) is 15.7. The second-order valence-corrected chi connectivity index (χ2v) is 39.0. The summed E-state index contributed by atoms with van der Waals surface area (Å²) >= 11 is 25.3. The maximum atomic E-state index is 14.9. The SMILES string of the molecule is CC(C)[C@@H](CS(=O)(=O)C(C)C)N1C(=O)[C@@](C)(CC(=O)CS(=N)(=O)C2(C)CC2)C[C@H](c2cccc(Cl)c2)[C@H]1c1ccc(Cl)cc1.CC(C)[C@@H](CS(=O)(=O)C(C)C)N1C(=O)[C@@](C)(CC(=O)O)C[C@H](c2cccc(Cl)c2)[C@H]1c1ccc(Cl)cc1.CC1(S(=N)(N)=O)CC1. The monoisotopic (exact) mass is 1380 g/mol. The molecule has 2 unspecified atom stereocenters. The second kappa shape index (κ2) is 28.2. The van der Waals surface area contributed by atoms with Crippen LogP contribution in [0.15, 0.2) is 97.1 Å². The van der Waals surface area contributed by atoms with Crippen LogP contribution in [0.5, 0.6) is 0 Å². The molecule has 0 aromatic heterocycles. The minimum Gasteiger partial charge on any atom is -0.481 e. The number of carboxylic acid groups (broad SMARTS) is 1. The van der Waals surface area contributed by atoms with Crippen LogP contribution < -0.4 is 5.14 Å². The van der Waals surface area contributed by atoms with Crippen LogP contribution in [0.2, 0.25) is 20.1 Å². The van der Waals surface area contributed by atoms with Crippen molar-refractivity contribution in [2.75, 3.05) is 17.3 Å². The molecule has 492 valence electrons. The molecule has 2 aliphatic heterocycles. The number of rotatable bonds is 22. The van der Waals surface area contributed by atoms with Crippen LogP contribution in [-0.2, 0) is 58.5 Å². The van der Waals surface area contributed by atoms with E-state index in [4.69, 9.17) is 61.1 Å². The van der Waals surface area contributed by atoms with E-state index < -0.39 is 101 Å². The number of likely N-dealkylation sites (tertiary alicyclic amines) is 2. The summed E-state index contributed by atoms with van der Waals surface area (Å²) in [6.45, 7) is 21.1. The Morgan fingerprint density at radius 3 is 1.18 bits per heavy atom. The Bertz CT molecular complexity index is 3710. The van der Waals surface area contributed by atoms with E-state index in [1.54, 1.807) is 102 Å². The number of benzene rings is 4. The van der Waals surface area contributed by atoms with Crippen LogP contribution in [0.3, 0.4) is 0 Å². The summed E-state index contributed by atoms with van der Waals surface area (Å²) in [4.78, 5) is 58.0. The molecule has 0 spiro atoms. The van der Waals surface area contributed by atoms with Gasteiger partial charge in [0.2, 0.25) is 11.8 Å². The first-order chi connectivity index (χ1) is 40.9. The number of Topliss-reactive ketones (excluding diaryl/α,β-unsaturated/α-hetero) is 1. The van der Waals surface area contributed by atoms with E-state index in [1.807, 2.05) is 88.4 Å². The fourth-order valence-electron chi connectivity index (χ4n) is 12.1. The Morgan fingerprint density at radius 1 is 0.551 bits per heavy atom. The number of hydrogen-bond donors (Lipinski definition) is 4. The van der Waals surface area contributed by atoms with Gasteiger partial charge in [0.05, 0.1) is 76.3 Å². The van der Waals surface area contributed by atoms with Gasteiger partial charge in [-0.3, -0.25) is 24.0 Å². The molecule has 0 radical (unpaired) electrons. The van der Waals surface area contributed by atoms with E-state index in [0.717, 1.165) is 35.1 Å². The summed E-state index contributed by atoms with van der Waals surface area (Å²) < 4.78 is 91.5. The molecular weight excluding hydrogens is 1300 g/mol. The first kappa shape index (κ1) is 73.9. The van der Waals surface area contributed by atoms with Gasteiger partial charge in [-0.05, 0) is 163 Å². The first-order valence-corrected chi connectivity index (χ1v) is 38.4. The number of nitrogens with two attached hydrogens (primary N) is 1. The average molecular weight is 1390 g/mol. The quantitative estimate of drug-likeness (QED) is 0.0574. The minimum absolute atomic E-state index is 0.194. The van der Waals surface area contributed by atoms with Crippen molar-refractivity contribution in [3.63, 3.8) is 0 Å². The number of sulfone groups is 2. The lowest BCUT2D eigenvalue weighted by molar-refractivity contribution is -0.161. The largest absolute Gasteiger partial charge is 0.481 e. The van der Waals surface area contributed by atoms with Gasteiger partial charge in [-0.25, -0.2) is 35.2 Å². The molecule has 4 aromatic rings. The Hall–Kier alpha value is -4.12. The zero-order valence-electron chi connectivity index (χ0n) is 52.9. The predicted molar refractivity (Wildman–Crippen MR) is 359 cm³/mol. The van der Waals surface area contributed by atoms with Crippen molar-refractivity contribution >= 4 is 109 Å². The molecule has 24 heteroatoms. The van der Waals surface area contributed by atoms with E-state index in [0.29, 0.717) is 32.9 Å². The number of aliphatic carboxylic acids is 1. The molecule has 16 nitrogen and oxygen atoms in total. The van der Waals surface area contributed by atoms with Crippen molar-refractivity contribution in [1.82, 2.24) is 9.80 Å². The molecule has 4 fully saturated rings. The molecule has 8 rings (SSSR count). The van der Waals surface area contributed by atoms with E-state index in [-0.39, 0.29) is 83.2 Å². The van der Waals surface area contributed by atoms with Gasteiger partial charge in [0, 0.05) is 50.4 Å². The van der Waals surface area contributed by atoms with Gasteiger partial charge in [-0.15, -0.1) is 0 Å². The third-order valence-electron chi connectivity index (χ3n) is 18.6. The van der Waals surface area contributed by atoms with Gasteiger partial charge < -0.3 is 14.9 Å². The summed E-state index contributed by atoms with van der Waals surface area (Å²) in [5.74, 6) is -4.12. The van der Waals surface area contributed by atoms with Crippen molar-refractivity contribution < 1.29 is 49.5 Å². The zero-order chi connectivity index (χ0) is 66.9. The van der Waals surface area contributed by atoms with Crippen LogP contribution in [0.1, 0.15) is 181 Å². The highest BCUT2D eigenvalue weighted by Crippen LogP contribution is 2.55. The fraction of sp³-hybridized carbons (Fsp3) is 0.569. The maximum Gasteiger partial charge on any atom is 0.304 e. The molecule has 2 heterocycles. The van der Waals surface area contributed by atoms with Gasteiger partial charge in [0.1, 0.15) is 15.7 Å². The molecule has 2 amide bonds. The van der Waals surface area contributed by atoms with E-state index in [1.165, 1.54) is 0 Å². The van der Waals surface area contributed by atoms with Crippen LogP contribution in [0.4, 0.5) is 0 Å². The molecule has 2 saturated heterocycles. The summed E-state index contributed by atoms with van der Waals surface area (Å²) in [5.41, 5.74) is 0.837. The second-order valence-electron chi connectivity index (χ2n) is 27.3. The summed E-state index contributed by atoms with van der Waals surface area (Å²) in [6.07, 6.45) is 2.98. The zero-order valence-corrected chi connectivity index (χ0v) is 59.2. The molecular formula is C65H89Cl4N5O11S4. The Morgan fingerprint density at radius 2 is 0.899 bits per heavy atom. The number of amides is 2. The molecule has 4 aliphatic rings. The minimum atomic E-state index is -3.58. The topological polar surface area (TPSA) is 271 Å². The van der Waals surface area contributed by atoms with Gasteiger partial charge in [-0.2, -0.15) is 0 Å². The number of carbonyl (C=O) groups is 4. The van der Waals surface area contributed by atoms with Crippen LogP contribution in [0, 0.1) is 32.2 Å². The number of carboxylic acids is 1. The molecule has 5 N–H and O–H groups in total. The van der Waals surface area contributed by atoms with E-state index in [2.05, 4.69) is 0 Å². The number of nitrogens with zero attached hydrogens (tertiary/aromatic N) is 2. The van der Waals surface area contributed by atoms with Crippen molar-refractivity contribution in [2.24, 2.45) is 27.8 Å². The van der Waals surface area contributed by atoms with Crippen LogP contribution >= 0.6 is 46.4 Å². The smallest absolute Gasteiger partial charge is 0.304 e. The van der Waals surface area contributed by atoms with Gasteiger partial charge in [-0.1, -0.05) is 136 Å². The molecule has 2 aliphatic carbocycles. The number of hydrogen-bond acceptors (Lipinski definition) is 12. The number of nitrogens with one attached hydrogen (secondary N) is 2. The normalized spacial score (nSPS) is 25.2. The van der Waals surface area contributed by atoms with Crippen LogP contribution in [-0.4, -0.2) is 113 Å². The number of carbonyl (C=O) groups excluding carboxylic acids is 3. The molecule has 2 saturated carbocycles. The Labute approximate surface area is 549 Å². The van der Waals surface area contributed by atoms with Gasteiger partial charge in [0.25, 0.3) is 0 Å². The fourth-order valence-corrected chi connectivity index (χ4v) is 17.9. The third kappa shape index (κ3) is 17.6. The lowest BCUT2D eigenvalue weighted by atomic mass is 9.66. The standard InChI is InChI=1S/C33H44Cl2N2O5S2.C28H35Cl2NO5S.C4H10N2OS/c1-21(2)29(20-43(40,41)22(3)4)37-30(23-10-12-25(34)13-11-23)28(24-8-7-9-26(35)16-24)18-32(5,31(37)39)17-27(38)19-44(36,42)33(6)14-15-33;1-17(2)24(16-37(35,36)18(3)4)31-26(19-9-11-21(29)12-10-19)23(20-7-6-8-22(30)13-20)14-28(5,27(31)34)15-25(32)33;1-4(2-3-4)8(5,6)7/h7-13,16,21-22,28-30,36H,14-15,17-20H2,1-6H3;6-13,17-18,23-24,26H,14-16H2,1-5H3,(H,32,33);2-3H2,1H3,(H3,5,6,7)/t28-,29-,30-,32+,44?;23-,24-,26-,28-;/m11./s1. The molecule has 4 aromatic carbocycles.